The first-order valence-corrected chi connectivity index (χ1v) is 21.6. The first-order chi connectivity index (χ1) is 29.9. The summed E-state index contributed by atoms with van der Waals surface area (Å²) in [5.41, 5.74) is 21.6. The van der Waals surface area contributed by atoms with Gasteiger partial charge in [-0.15, -0.1) is 0 Å². The summed E-state index contributed by atoms with van der Waals surface area (Å²) >= 11 is 0. The minimum atomic E-state index is -3.56. The summed E-state index contributed by atoms with van der Waals surface area (Å²) < 4.78 is 22.4. The number of fused-ring (bicyclic) bond motifs is 2. The molecule has 9 rings (SSSR count). The second kappa shape index (κ2) is 18.7. The van der Waals surface area contributed by atoms with Crippen LogP contribution in [0.5, 0.6) is 0 Å². The molecular weight excluding hydrogens is 811 g/mol. The van der Waals surface area contributed by atoms with Gasteiger partial charge in [0.05, 0.1) is 23.7 Å². The summed E-state index contributed by atoms with van der Waals surface area (Å²) in [5, 5.41) is 18.2. The fourth-order valence-electron chi connectivity index (χ4n) is 7.30. The van der Waals surface area contributed by atoms with Gasteiger partial charge in [-0.3, -0.25) is 4.79 Å². The van der Waals surface area contributed by atoms with Crippen LogP contribution in [0.4, 0.5) is 40.3 Å². The largest absolute Gasteiger partial charge is 0.383 e. The number of aryl methyl sites for hydroxylation is 2. The molecule has 1 fully saturated rings. The predicted molar refractivity (Wildman–Crippen MR) is 256 cm³/mol. The molecule has 63 heavy (non-hydrogen) atoms. The van der Waals surface area contributed by atoms with E-state index >= 15 is 0 Å². The molecule has 4 aromatic carbocycles. The fourth-order valence-corrected chi connectivity index (χ4v) is 7.95. The fraction of sp³-hybridized carbons (Fsp3) is 0.146. The quantitative estimate of drug-likeness (QED) is 0.0809. The molecule has 1 amide bonds. The molecular formula is C48H49N11O3S. The van der Waals surface area contributed by atoms with Gasteiger partial charge in [-0.1, -0.05) is 68.1 Å². The number of pyridine rings is 4. The number of nitrogen functional groups attached to an aromatic ring is 2. The Balaban J connectivity index is 0.000000186. The number of carbonyl (C=O) groups is 1. The smallest absolute Gasteiger partial charge is 0.240 e. The van der Waals surface area contributed by atoms with Crippen molar-refractivity contribution in [3.8, 4) is 22.5 Å². The number of amides is 1. The molecule has 320 valence electrons. The third kappa shape index (κ3) is 10.4. The monoisotopic (exact) mass is 859 g/mol. The zero-order chi connectivity index (χ0) is 43.4. The lowest BCUT2D eigenvalue weighted by Crippen LogP contribution is -2.48. The minimum Gasteiger partial charge on any atom is -0.383 e. The van der Waals surface area contributed by atoms with Gasteiger partial charge in [-0.05, 0) is 102 Å². The number of piperazine rings is 1. The molecule has 5 heterocycles. The number of aromatic nitrogens is 4. The Labute approximate surface area is 366 Å². The molecule has 0 unspecified atom stereocenters. The van der Waals surface area contributed by atoms with E-state index in [0.29, 0.717) is 41.9 Å². The Morgan fingerprint density at radius 3 is 1.62 bits per heavy atom. The van der Waals surface area contributed by atoms with Crippen LogP contribution in [-0.4, -0.2) is 53.9 Å². The molecule has 1 aliphatic heterocycles. The van der Waals surface area contributed by atoms with Crippen molar-refractivity contribution in [2.75, 3.05) is 46.6 Å². The highest BCUT2D eigenvalue weighted by atomic mass is 32.2. The molecule has 0 saturated carbocycles. The number of nitrogens with one attached hydrogen (secondary N) is 3. The van der Waals surface area contributed by atoms with Crippen molar-refractivity contribution in [3.05, 3.63) is 150 Å². The summed E-state index contributed by atoms with van der Waals surface area (Å²) in [6, 6.07) is 38.9. The first kappa shape index (κ1) is 43.6. The number of carbonyl (C=O) groups excluding carboxylic acids is 1. The van der Waals surface area contributed by atoms with Crippen LogP contribution < -0.4 is 37.5 Å². The maximum absolute atomic E-state index is 12.1. The van der Waals surface area contributed by atoms with Gasteiger partial charge in [0.25, 0.3) is 0 Å². The number of nitrogens with zero attached hydrogens (tertiary/aromatic N) is 5. The van der Waals surface area contributed by atoms with Crippen LogP contribution in [0, 0.1) is 13.8 Å². The van der Waals surface area contributed by atoms with E-state index < -0.39 is 10.0 Å². The Kier molecular flexibility index (Phi) is 12.9. The average Bonchev–Trinajstić information content (AvgIpc) is 3.25. The van der Waals surface area contributed by atoms with Crippen LogP contribution in [0.15, 0.2) is 134 Å². The standard InChI is InChI=1S/C25H24N6O.C22H21N5O2S.CH4/c1-16-4-2-3-5-20(16)22-12-17-13-23(28-14-21(17)25(26)30-22)29-18-6-8-19(9-7-18)31-11-10-27-15-24(31)32;1-14-4-2-3-5-18(14)20-10-16-11-21(25-12-19(16)22(23)27-20)26-17-8-6-15(7-9-17)13-30(24,28)29;/h2-9,12-14,27H,10-11,15H2,1H3,(H2,26,30)(H,28,29);2-12H,13H2,1H3,(H2,23,27)(H,25,26)(H2,24,28,29);1H4. The molecule has 0 atom stereocenters. The number of primary sulfonamides is 1. The highest BCUT2D eigenvalue weighted by molar-refractivity contribution is 7.88. The Morgan fingerprint density at radius 1 is 0.683 bits per heavy atom. The molecule has 8 aromatic rings. The van der Waals surface area contributed by atoms with Gasteiger partial charge in [0, 0.05) is 64.4 Å². The summed E-state index contributed by atoms with van der Waals surface area (Å²) in [4.78, 5) is 32.0. The zero-order valence-corrected chi connectivity index (χ0v) is 34.9. The number of sulfonamides is 1. The van der Waals surface area contributed by atoms with Gasteiger partial charge in [0.15, 0.2) is 0 Å². The van der Waals surface area contributed by atoms with Gasteiger partial charge in [-0.25, -0.2) is 33.5 Å². The van der Waals surface area contributed by atoms with E-state index in [4.69, 9.17) is 16.6 Å². The van der Waals surface area contributed by atoms with Crippen molar-refractivity contribution >= 4 is 77.8 Å². The number of nitrogens with two attached hydrogens (primary N) is 3. The van der Waals surface area contributed by atoms with Gasteiger partial charge in [0.2, 0.25) is 15.9 Å². The van der Waals surface area contributed by atoms with E-state index in [9.17, 15) is 13.2 Å². The molecule has 0 aliphatic carbocycles. The third-order valence-corrected chi connectivity index (χ3v) is 11.2. The maximum Gasteiger partial charge on any atom is 0.240 e. The molecule has 0 bridgehead atoms. The normalized spacial score (nSPS) is 12.6. The average molecular weight is 860 g/mol. The van der Waals surface area contributed by atoms with Crippen molar-refractivity contribution in [3.63, 3.8) is 0 Å². The predicted octanol–water partition coefficient (Wildman–Crippen LogP) is 8.22. The lowest BCUT2D eigenvalue weighted by molar-refractivity contribution is -0.118. The Morgan fingerprint density at radius 2 is 1.16 bits per heavy atom. The minimum absolute atomic E-state index is 0. The summed E-state index contributed by atoms with van der Waals surface area (Å²) in [5.74, 6) is 2.13. The number of benzene rings is 4. The second-order valence-corrected chi connectivity index (χ2v) is 16.6. The molecule has 9 N–H and O–H groups in total. The molecule has 0 spiro atoms. The topological polar surface area (TPSA) is 220 Å². The molecule has 4 aromatic heterocycles. The van der Waals surface area contributed by atoms with Gasteiger partial charge in [0.1, 0.15) is 23.3 Å². The number of hydrogen-bond donors (Lipinski definition) is 6. The maximum atomic E-state index is 12.1. The molecule has 15 heteroatoms. The third-order valence-electron chi connectivity index (χ3n) is 10.5. The number of anilines is 7. The van der Waals surface area contributed by atoms with Crippen LogP contribution >= 0.6 is 0 Å². The molecule has 14 nitrogen and oxygen atoms in total. The van der Waals surface area contributed by atoms with Crippen LogP contribution in [0.2, 0.25) is 0 Å². The SMILES string of the molecule is C.Cc1ccccc1-c1cc2cc(Nc3ccc(CS(N)(=O)=O)cc3)ncc2c(N)n1.Cc1ccccc1-c1cc2cc(Nc3ccc(N4CCNCC4=O)cc3)ncc2c(N)n1. The highest BCUT2D eigenvalue weighted by Crippen LogP contribution is 2.32. The van der Waals surface area contributed by atoms with E-state index in [1.807, 2.05) is 97.9 Å². The van der Waals surface area contributed by atoms with E-state index in [-0.39, 0.29) is 19.1 Å². The number of rotatable bonds is 9. The first-order valence-electron chi connectivity index (χ1n) is 19.9. The van der Waals surface area contributed by atoms with Crippen LogP contribution in [-0.2, 0) is 20.6 Å². The van der Waals surface area contributed by atoms with Crippen LogP contribution in [0.25, 0.3) is 44.1 Å². The summed E-state index contributed by atoms with van der Waals surface area (Å²) in [6.45, 7) is 5.96. The second-order valence-electron chi connectivity index (χ2n) is 15.0. The van der Waals surface area contributed by atoms with Gasteiger partial charge < -0.3 is 32.3 Å². The van der Waals surface area contributed by atoms with Crippen molar-refractivity contribution in [2.45, 2.75) is 27.0 Å². The van der Waals surface area contributed by atoms with Crippen LogP contribution in [0.1, 0.15) is 24.1 Å². The molecule has 1 aliphatic rings. The van der Waals surface area contributed by atoms with Crippen molar-refractivity contribution in [1.82, 2.24) is 25.3 Å². The molecule has 0 radical (unpaired) electrons. The van der Waals surface area contributed by atoms with E-state index in [0.717, 1.165) is 78.8 Å². The molecule has 1 saturated heterocycles. The number of hydrogen-bond acceptors (Lipinski definition) is 12. The van der Waals surface area contributed by atoms with Crippen LogP contribution in [0.3, 0.4) is 0 Å². The lowest BCUT2D eigenvalue weighted by atomic mass is 10.0. The van der Waals surface area contributed by atoms with E-state index in [2.05, 4.69) is 48.9 Å². The summed E-state index contributed by atoms with van der Waals surface area (Å²) in [6.07, 6.45) is 3.44. The Hall–Kier alpha value is -7.46. The van der Waals surface area contributed by atoms with E-state index in [1.165, 1.54) is 0 Å². The summed E-state index contributed by atoms with van der Waals surface area (Å²) in [7, 11) is -3.56. The van der Waals surface area contributed by atoms with E-state index in [1.54, 1.807) is 41.6 Å². The van der Waals surface area contributed by atoms with Crippen molar-refractivity contribution in [2.24, 2.45) is 5.14 Å². The van der Waals surface area contributed by atoms with Gasteiger partial charge in [-0.2, -0.15) is 0 Å². The van der Waals surface area contributed by atoms with Crippen molar-refractivity contribution in [1.29, 1.82) is 0 Å². The Bertz CT molecular complexity index is 3050. The zero-order valence-electron chi connectivity index (χ0n) is 34.1. The highest BCUT2D eigenvalue weighted by Gasteiger charge is 2.19. The van der Waals surface area contributed by atoms with Crippen molar-refractivity contribution < 1.29 is 13.2 Å². The van der Waals surface area contributed by atoms with Gasteiger partial charge >= 0.3 is 0 Å². The lowest BCUT2D eigenvalue weighted by Gasteiger charge is -2.27.